The standard InChI is InChI=1S/C15H18N4O3S3.ClH/c1-10(16-2)8-13-18-15(22-19-13)14-12(5-7-24-14)25(20,21)17-9-11-4-3-6-23-11;/h3-7,10,16-17H,8-9H2,1-2H3;1H. The van der Waals surface area contributed by atoms with Crippen molar-refractivity contribution in [1.82, 2.24) is 20.2 Å². The first-order valence-corrected chi connectivity index (χ1v) is 10.8. The third-order valence-electron chi connectivity index (χ3n) is 3.58. The van der Waals surface area contributed by atoms with E-state index < -0.39 is 10.0 Å². The predicted molar refractivity (Wildman–Crippen MR) is 105 cm³/mol. The van der Waals surface area contributed by atoms with Gasteiger partial charge in [-0.05, 0) is 36.9 Å². The zero-order valence-electron chi connectivity index (χ0n) is 14.1. The Balaban J connectivity index is 0.00000243. The summed E-state index contributed by atoms with van der Waals surface area (Å²) in [5.41, 5.74) is 0. The maximum atomic E-state index is 12.6. The van der Waals surface area contributed by atoms with Crippen LogP contribution in [-0.2, 0) is 23.0 Å². The Kier molecular flexibility index (Phi) is 7.33. The van der Waals surface area contributed by atoms with Crippen LogP contribution < -0.4 is 10.0 Å². The van der Waals surface area contributed by atoms with Gasteiger partial charge in [-0.2, -0.15) is 4.98 Å². The van der Waals surface area contributed by atoms with E-state index in [1.165, 1.54) is 22.7 Å². The fourth-order valence-corrected chi connectivity index (χ4v) is 5.21. The highest BCUT2D eigenvalue weighted by atomic mass is 35.5. The number of hydrogen-bond donors (Lipinski definition) is 2. The average Bonchev–Trinajstić information content (AvgIpc) is 3.33. The van der Waals surface area contributed by atoms with Gasteiger partial charge in [0.05, 0.1) is 0 Å². The molecule has 26 heavy (non-hydrogen) atoms. The topological polar surface area (TPSA) is 97.1 Å². The number of rotatable bonds is 8. The van der Waals surface area contributed by atoms with Crippen molar-refractivity contribution < 1.29 is 12.9 Å². The largest absolute Gasteiger partial charge is 0.333 e. The van der Waals surface area contributed by atoms with E-state index in [4.69, 9.17) is 4.52 Å². The average molecular weight is 435 g/mol. The maximum absolute atomic E-state index is 12.6. The molecule has 0 saturated heterocycles. The van der Waals surface area contributed by atoms with Crippen LogP contribution in [-0.4, -0.2) is 31.6 Å². The van der Waals surface area contributed by atoms with E-state index in [0.717, 1.165) is 4.88 Å². The molecule has 0 saturated carbocycles. The van der Waals surface area contributed by atoms with Gasteiger partial charge in [0.15, 0.2) is 5.82 Å². The summed E-state index contributed by atoms with van der Waals surface area (Å²) in [7, 11) is -1.81. The van der Waals surface area contributed by atoms with Gasteiger partial charge in [0.1, 0.15) is 9.77 Å². The molecule has 0 radical (unpaired) electrons. The summed E-state index contributed by atoms with van der Waals surface area (Å²) in [6.07, 6.45) is 0.601. The number of likely N-dealkylation sites (N-methyl/N-ethyl adjacent to an activating group) is 1. The Morgan fingerprint density at radius 1 is 1.27 bits per heavy atom. The first-order valence-electron chi connectivity index (χ1n) is 7.59. The highest BCUT2D eigenvalue weighted by molar-refractivity contribution is 7.89. The van der Waals surface area contributed by atoms with Crippen LogP contribution in [0.4, 0.5) is 0 Å². The van der Waals surface area contributed by atoms with Gasteiger partial charge in [-0.15, -0.1) is 35.1 Å². The van der Waals surface area contributed by atoms with Crippen molar-refractivity contribution in [2.75, 3.05) is 7.05 Å². The van der Waals surface area contributed by atoms with Crippen LogP contribution in [0.3, 0.4) is 0 Å². The summed E-state index contributed by atoms with van der Waals surface area (Å²) < 4.78 is 33.1. The molecule has 11 heteroatoms. The summed E-state index contributed by atoms with van der Waals surface area (Å²) in [6, 6.07) is 5.52. The van der Waals surface area contributed by atoms with E-state index in [1.54, 1.807) is 11.4 Å². The number of sulfonamides is 1. The molecule has 0 aliphatic heterocycles. The highest BCUT2D eigenvalue weighted by Gasteiger charge is 2.24. The lowest BCUT2D eigenvalue weighted by Gasteiger charge is -2.05. The Hall–Kier alpha value is -1.30. The van der Waals surface area contributed by atoms with E-state index >= 15 is 0 Å². The summed E-state index contributed by atoms with van der Waals surface area (Å²) in [4.78, 5) is 5.88. The van der Waals surface area contributed by atoms with E-state index in [-0.39, 0.29) is 35.8 Å². The molecule has 7 nitrogen and oxygen atoms in total. The normalized spacial score (nSPS) is 12.7. The Labute approximate surface area is 166 Å². The van der Waals surface area contributed by atoms with Crippen LogP contribution in [0, 0.1) is 0 Å². The molecule has 1 unspecified atom stereocenters. The molecule has 142 valence electrons. The van der Waals surface area contributed by atoms with Gasteiger partial charge in [-0.3, -0.25) is 0 Å². The fraction of sp³-hybridized carbons (Fsp3) is 0.333. The minimum atomic E-state index is -3.66. The minimum Gasteiger partial charge on any atom is -0.333 e. The van der Waals surface area contributed by atoms with Gasteiger partial charge in [0.25, 0.3) is 5.89 Å². The van der Waals surface area contributed by atoms with Crippen molar-refractivity contribution in [1.29, 1.82) is 0 Å². The SMILES string of the molecule is CNC(C)Cc1noc(-c2sccc2S(=O)(=O)NCc2cccs2)n1.Cl. The Bertz CT molecular complexity index is 922. The van der Waals surface area contributed by atoms with Gasteiger partial charge in [-0.1, -0.05) is 11.2 Å². The lowest BCUT2D eigenvalue weighted by molar-refractivity contribution is 0.418. The van der Waals surface area contributed by atoms with Crippen LogP contribution in [0.15, 0.2) is 38.4 Å². The van der Waals surface area contributed by atoms with Crippen molar-refractivity contribution in [2.45, 2.75) is 30.8 Å². The van der Waals surface area contributed by atoms with Gasteiger partial charge in [-0.25, -0.2) is 13.1 Å². The van der Waals surface area contributed by atoms with Gasteiger partial charge in [0, 0.05) is 23.9 Å². The number of hydrogen-bond acceptors (Lipinski definition) is 8. The van der Waals surface area contributed by atoms with Gasteiger partial charge >= 0.3 is 0 Å². The number of nitrogens with one attached hydrogen (secondary N) is 2. The van der Waals surface area contributed by atoms with Crippen LogP contribution in [0.25, 0.3) is 10.8 Å². The lowest BCUT2D eigenvalue weighted by atomic mass is 10.2. The molecule has 0 aliphatic carbocycles. The van der Waals surface area contributed by atoms with Crippen LogP contribution in [0.2, 0.25) is 0 Å². The van der Waals surface area contributed by atoms with Crippen molar-refractivity contribution in [2.24, 2.45) is 0 Å². The lowest BCUT2D eigenvalue weighted by Crippen LogP contribution is -2.24. The quantitative estimate of drug-likeness (QED) is 0.565. The summed E-state index contributed by atoms with van der Waals surface area (Å²) in [5, 5.41) is 10.6. The van der Waals surface area contributed by atoms with E-state index in [0.29, 0.717) is 17.1 Å². The smallest absolute Gasteiger partial charge is 0.269 e. The molecular formula is C15H19ClN4O3S3. The Morgan fingerprint density at radius 2 is 2.08 bits per heavy atom. The third kappa shape index (κ3) is 4.90. The second-order valence-corrected chi connectivity index (χ2v) is 9.11. The molecule has 0 aliphatic rings. The maximum Gasteiger partial charge on any atom is 0.269 e. The second kappa shape index (κ2) is 9.07. The molecule has 0 amide bonds. The molecule has 1 atom stereocenters. The van der Waals surface area contributed by atoms with Gasteiger partial charge < -0.3 is 9.84 Å². The molecular weight excluding hydrogens is 416 g/mol. The highest BCUT2D eigenvalue weighted by Crippen LogP contribution is 2.31. The number of nitrogens with zero attached hydrogens (tertiary/aromatic N) is 2. The van der Waals surface area contributed by atoms with E-state index in [9.17, 15) is 8.42 Å². The first-order chi connectivity index (χ1) is 12.0. The molecule has 0 fully saturated rings. The van der Waals surface area contributed by atoms with Crippen molar-refractivity contribution in [3.63, 3.8) is 0 Å². The molecule has 0 aromatic carbocycles. The zero-order valence-corrected chi connectivity index (χ0v) is 17.4. The summed E-state index contributed by atoms with van der Waals surface area (Å²) in [5.74, 6) is 0.768. The first kappa shape index (κ1) is 21.0. The molecule has 0 spiro atoms. The molecule has 3 aromatic rings. The zero-order chi connectivity index (χ0) is 17.9. The molecule has 2 N–H and O–H groups in total. The van der Waals surface area contributed by atoms with Crippen LogP contribution in [0.5, 0.6) is 0 Å². The second-order valence-electron chi connectivity index (χ2n) is 5.43. The number of thiophene rings is 2. The van der Waals surface area contributed by atoms with Crippen molar-refractivity contribution in [3.8, 4) is 10.8 Å². The Morgan fingerprint density at radius 3 is 2.77 bits per heavy atom. The van der Waals surface area contributed by atoms with E-state index in [1.807, 2.05) is 31.5 Å². The van der Waals surface area contributed by atoms with Crippen LogP contribution >= 0.6 is 35.1 Å². The monoisotopic (exact) mass is 434 g/mol. The van der Waals surface area contributed by atoms with Crippen molar-refractivity contribution >= 4 is 45.1 Å². The van der Waals surface area contributed by atoms with Crippen LogP contribution in [0.1, 0.15) is 17.6 Å². The summed E-state index contributed by atoms with van der Waals surface area (Å²) in [6.45, 7) is 2.26. The molecule has 0 bridgehead atoms. The predicted octanol–water partition coefficient (Wildman–Crippen LogP) is 2.91. The molecule has 3 rings (SSSR count). The number of aromatic nitrogens is 2. The number of halogens is 1. The third-order valence-corrected chi connectivity index (χ3v) is 6.93. The molecule has 3 aromatic heterocycles. The van der Waals surface area contributed by atoms with E-state index in [2.05, 4.69) is 20.2 Å². The summed E-state index contributed by atoms with van der Waals surface area (Å²) >= 11 is 2.76. The molecule has 3 heterocycles. The van der Waals surface area contributed by atoms with Crippen molar-refractivity contribution in [3.05, 3.63) is 39.7 Å². The minimum absolute atomic E-state index is 0. The fourth-order valence-electron chi connectivity index (χ4n) is 2.13. The van der Waals surface area contributed by atoms with Gasteiger partial charge in [0.2, 0.25) is 10.0 Å².